The van der Waals surface area contributed by atoms with Crippen LogP contribution in [0.5, 0.6) is 0 Å². The van der Waals surface area contributed by atoms with Crippen molar-refractivity contribution in [1.82, 2.24) is 5.32 Å². The van der Waals surface area contributed by atoms with Crippen molar-refractivity contribution in [3.8, 4) is 0 Å². The summed E-state index contributed by atoms with van der Waals surface area (Å²) in [4.78, 5) is 13.2. The molecule has 1 fully saturated rings. The fourth-order valence-electron chi connectivity index (χ4n) is 8.70. The van der Waals surface area contributed by atoms with Crippen LogP contribution in [-0.2, 0) is 28.9 Å². The molecule has 0 radical (unpaired) electrons. The van der Waals surface area contributed by atoms with Gasteiger partial charge >= 0.3 is 10.4 Å². The lowest BCUT2D eigenvalue weighted by Gasteiger charge is -2.41. The van der Waals surface area contributed by atoms with Crippen LogP contribution in [0.25, 0.3) is 0 Å². The van der Waals surface area contributed by atoms with Crippen molar-refractivity contribution in [2.24, 2.45) is 0 Å². The summed E-state index contributed by atoms with van der Waals surface area (Å²) in [5, 5.41) is 55.4. The first-order chi connectivity index (χ1) is 31.4. The smallest absolute Gasteiger partial charge is 0.394 e. The maximum absolute atomic E-state index is 13.2. The number of allylic oxidation sites excluding steroid dienone is 1. The molecular formula is C51H99NO12S. The number of carbonyl (C=O) groups is 1. The van der Waals surface area contributed by atoms with E-state index in [9.17, 15) is 43.3 Å². The third kappa shape index (κ3) is 33.9. The van der Waals surface area contributed by atoms with Gasteiger partial charge in [-0.25, -0.2) is 4.18 Å². The Balaban J connectivity index is 2.44. The Bertz CT molecular complexity index is 1230. The van der Waals surface area contributed by atoms with Crippen LogP contribution in [0, 0.1) is 0 Å². The monoisotopic (exact) mass is 950 g/mol. The number of aliphatic hydroxyl groups excluding tert-OH is 5. The van der Waals surface area contributed by atoms with Crippen molar-refractivity contribution >= 4 is 16.3 Å². The van der Waals surface area contributed by atoms with Gasteiger partial charge in [0, 0.05) is 0 Å². The minimum atomic E-state index is -5.12. The molecule has 8 atom stereocenters. The van der Waals surface area contributed by atoms with Gasteiger partial charge in [-0.1, -0.05) is 238 Å². The molecule has 7 N–H and O–H groups in total. The quantitative estimate of drug-likeness (QED) is 0.0173. The van der Waals surface area contributed by atoms with Gasteiger partial charge in [-0.2, -0.15) is 8.42 Å². The third-order valence-corrected chi connectivity index (χ3v) is 13.4. The summed E-state index contributed by atoms with van der Waals surface area (Å²) in [6, 6.07) is -1.11. The number of ether oxygens (including phenoxy) is 2. The Kier molecular flexibility index (Phi) is 39.7. The van der Waals surface area contributed by atoms with Gasteiger partial charge in [0.2, 0.25) is 5.91 Å². The Morgan fingerprint density at radius 3 is 1.38 bits per heavy atom. The molecule has 8 unspecified atom stereocenters. The lowest BCUT2D eigenvalue weighted by atomic mass is 9.99. The summed E-state index contributed by atoms with van der Waals surface area (Å²) < 4.78 is 47.6. The van der Waals surface area contributed by atoms with E-state index in [1.165, 1.54) is 173 Å². The summed E-state index contributed by atoms with van der Waals surface area (Å²) >= 11 is 0. The maximum atomic E-state index is 13.2. The van der Waals surface area contributed by atoms with Gasteiger partial charge in [-0.05, 0) is 19.3 Å². The van der Waals surface area contributed by atoms with E-state index in [0.717, 1.165) is 38.5 Å². The molecule has 65 heavy (non-hydrogen) atoms. The highest BCUT2D eigenvalue weighted by Gasteiger charge is 2.48. The van der Waals surface area contributed by atoms with E-state index >= 15 is 0 Å². The average molecular weight is 950 g/mol. The minimum Gasteiger partial charge on any atom is -0.394 e. The van der Waals surface area contributed by atoms with Gasteiger partial charge < -0.3 is 40.3 Å². The first-order valence-corrected chi connectivity index (χ1v) is 28.0. The lowest BCUT2D eigenvalue weighted by molar-refractivity contribution is -0.298. The number of carbonyl (C=O) groups excluding carboxylic acids is 1. The molecule has 0 aliphatic carbocycles. The fourth-order valence-corrected chi connectivity index (χ4v) is 9.21. The summed E-state index contributed by atoms with van der Waals surface area (Å²) in [6.45, 7) is 3.25. The van der Waals surface area contributed by atoms with E-state index in [1.54, 1.807) is 6.08 Å². The Morgan fingerprint density at radius 2 is 1.00 bits per heavy atom. The van der Waals surface area contributed by atoms with Crippen molar-refractivity contribution in [3.63, 3.8) is 0 Å². The molecule has 0 saturated carbocycles. The Hall–Kier alpha value is -1.20. The fraction of sp³-hybridized carbons (Fsp3) is 0.941. The highest BCUT2D eigenvalue weighted by molar-refractivity contribution is 7.80. The summed E-state index contributed by atoms with van der Waals surface area (Å²) in [7, 11) is -5.12. The zero-order chi connectivity index (χ0) is 47.8. The molecule has 1 heterocycles. The number of aliphatic hydroxyl groups is 5. The molecule has 1 saturated heterocycles. The maximum Gasteiger partial charge on any atom is 0.397 e. The molecule has 1 aliphatic rings. The van der Waals surface area contributed by atoms with Crippen molar-refractivity contribution in [3.05, 3.63) is 12.2 Å². The molecular weight excluding hydrogens is 851 g/mol. The van der Waals surface area contributed by atoms with Crippen molar-refractivity contribution in [2.45, 2.75) is 294 Å². The van der Waals surface area contributed by atoms with E-state index in [0.29, 0.717) is 12.8 Å². The lowest BCUT2D eigenvalue weighted by Crippen LogP contribution is -2.61. The molecule has 1 aliphatic heterocycles. The molecule has 1 rings (SSSR count). The van der Waals surface area contributed by atoms with Crippen molar-refractivity contribution < 1.29 is 57.0 Å². The van der Waals surface area contributed by atoms with Crippen LogP contribution in [-0.4, -0.2) is 107 Å². The summed E-state index contributed by atoms with van der Waals surface area (Å²) in [5.74, 6) is -0.697. The van der Waals surface area contributed by atoms with Crippen LogP contribution in [0.15, 0.2) is 12.2 Å². The zero-order valence-corrected chi connectivity index (χ0v) is 42.0. The number of nitrogens with one attached hydrogen (secondary N) is 1. The van der Waals surface area contributed by atoms with Crippen LogP contribution in [0.3, 0.4) is 0 Å². The molecule has 14 heteroatoms. The summed E-state index contributed by atoms with van der Waals surface area (Å²) in [5.41, 5.74) is 0. The van der Waals surface area contributed by atoms with Crippen LogP contribution < -0.4 is 5.32 Å². The molecule has 13 nitrogen and oxygen atoms in total. The van der Waals surface area contributed by atoms with E-state index in [-0.39, 0.29) is 6.42 Å². The summed E-state index contributed by atoms with van der Waals surface area (Å²) in [6.07, 6.45) is 35.8. The number of amides is 1. The standard InChI is InChI=1S/C51H99NO12S/c1-3-5-7-9-11-13-15-17-19-20-21-22-23-24-25-26-28-30-32-34-36-38-40-45(55)50(58)52-43(42-62-51-48(57)49(64-65(59,60)61)47(56)46(41-53)63-51)44(54)39-37-35-33-31-29-27-18-16-14-12-10-8-6-4-2/h37,39,43-49,51,53-57H,3-36,38,40-42H2,1-2H3,(H,52,58)(H,59,60,61)/b39-37+. The highest BCUT2D eigenvalue weighted by Crippen LogP contribution is 2.26. The topological polar surface area (TPSA) is 212 Å². The van der Waals surface area contributed by atoms with Crippen LogP contribution in [0.4, 0.5) is 0 Å². The van der Waals surface area contributed by atoms with E-state index in [1.807, 2.05) is 6.08 Å². The molecule has 0 bridgehead atoms. The van der Waals surface area contributed by atoms with Crippen LogP contribution >= 0.6 is 0 Å². The van der Waals surface area contributed by atoms with Gasteiger partial charge in [0.1, 0.15) is 30.5 Å². The van der Waals surface area contributed by atoms with Crippen molar-refractivity contribution in [1.29, 1.82) is 0 Å². The molecule has 0 aromatic heterocycles. The highest BCUT2D eigenvalue weighted by atomic mass is 32.3. The first kappa shape index (κ1) is 61.8. The second kappa shape index (κ2) is 41.7. The molecule has 1 amide bonds. The van der Waals surface area contributed by atoms with E-state index in [4.69, 9.17) is 9.47 Å². The van der Waals surface area contributed by atoms with Crippen LogP contribution in [0.2, 0.25) is 0 Å². The average Bonchev–Trinajstić information content (AvgIpc) is 3.28. The van der Waals surface area contributed by atoms with Gasteiger partial charge in [-0.3, -0.25) is 9.35 Å². The van der Waals surface area contributed by atoms with Crippen LogP contribution in [0.1, 0.15) is 245 Å². The zero-order valence-electron chi connectivity index (χ0n) is 41.2. The largest absolute Gasteiger partial charge is 0.397 e. The molecule has 386 valence electrons. The minimum absolute atomic E-state index is 0.249. The van der Waals surface area contributed by atoms with Gasteiger partial charge in [0.15, 0.2) is 6.29 Å². The third-order valence-electron chi connectivity index (χ3n) is 12.9. The van der Waals surface area contributed by atoms with E-state index in [2.05, 4.69) is 23.3 Å². The van der Waals surface area contributed by atoms with Crippen molar-refractivity contribution in [2.75, 3.05) is 13.2 Å². The number of hydrogen-bond donors (Lipinski definition) is 7. The van der Waals surface area contributed by atoms with E-state index < -0.39 is 78.5 Å². The van der Waals surface area contributed by atoms with Gasteiger partial charge in [0.05, 0.1) is 25.4 Å². The predicted octanol–water partition coefficient (Wildman–Crippen LogP) is 10.5. The number of hydrogen-bond acceptors (Lipinski definition) is 11. The normalized spacial score (nSPS) is 20.6. The predicted molar refractivity (Wildman–Crippen MR) is 261 cm³/mol. The Labute approximate surface area is 396 Å². The SMILES string of the molecule is CCCCCCCCCCCCCC/C=C/C(O)C(COC1OC(CO)C(O)C(OS(=O)(=O)O)C1O)NC(=O)C(O)CCCCCCCCCCCCCCCCCCCCCCCC. The molecule has 0 spiro atoms. The molecule has 0 aromatic carbocycles. The number of rotatable bonds is 46. The Morgan fingerprint density at radius 1 is 0.615 bits per heavy atom. The second-order valence-corrected chi connectivity index (χ2v) is 20.0. The van der Waals surface area contributed by atoms with Gasteiger partial charge in [0.25, 0.3) is 0 Å². The number of unbranched alkanes of at least 4 members (excludes halogenated alkanes) is 33. The molecule has 0 aromatic rings. The second-order valence-electron chi connectivity index (χ2n) is 19.0. The first-order valence-electron chi connectivity index (χ1n) is 26.7. The van der Waals surface area contributed by atoms with Gasteiger partial charge in [-0.15, -0.1) is 0 Å².